The maximum absolute atomic E-state index is 13.3. The number of piperazine rings is 1. The number of nitrogens with one attached hydrogen (secondary N) is 1. The highest BCUT2D eigenvalue weighted by molar-refractivity contribution is 6.33. The van der Waals surface area contributed by atoms with Gasteiger partial charge in [-0.05, 0) is 60.7 Å². The summed E-state index contributed by atoms with van der Waals surface area (Å²) in [7, 11) is 1.68. The van der Waals surface area contributed by atoms with Gasteiger partial charge in [0.25, 0.3) is 0 Å². The second-order valence-corrected chi connectivity index (χ2v) is 11.4. The van der Waals surface area contributed by atoms with Crippen LogP contribution in [0.15, 0.2) is 61.3 Å². The largest absolute Gasteiger partial charge is 0.497 e. The Bertz CT molecular complexity index is 1230. The number of anilines is 1. The van der Waals surface area contributed by atoms with E-state index in [1.165, 1.54) is 37.3 Å². The fourth-order valence-corrected chi connectivity index (χ4v) is 5.61. The van der Waals surface area contributed by atoms with E-state index in [1.807, 2.05) is 18.2 Å². The minimum Gasteiger partial charge on any atom is -0.497 e. The molecule has 1 N–H and O–H groups in total. The molecule has 1 aliphatic heterocycles. The van der Waals surface area contributed by atoms with Crippen molar-refractivity contribution >= 4 is 34.7 Å². The minimum absolute atomic E-state index is 0.111. The van der Waals surface area contributed by atoms with E-state index < -0.39 is 5.82 Å². The molecule has 5 nitrogen and oxygen atoms in total. The van der Waals surface area contributed by atoms with Gasteiger partial charge in [-0.15, -0.1) is 0 Å². The lowest BCUT2D eigenvalue weighted by Crippen LogP contribution is -2.50. The number of rotatable bonds is 12. The molecule has 0 radical (unpaired) electrons. The van der Waals surface area contributed by atoms with Crippen LogP contribution in [-0.4, -0.2) is 49.2 Å². The number of hydrogen-bond acceptors (Lipinski definition) is 5. The molecule has 8 heteroatoms. The first kappa shape index (κ1) is 33.7. The number of benzene rings is 2. The third-order valence-electron chi connectivity index (χ3n) is 7.60. The lowest BCUT2D eigenvalue weighted by molar-refractivity contribution is 0.165. The van der Waals surface area contributed by atoms with Gasteiger partial charge in [0, 0.05) is 56.2 Å². The highest BCUT2D eigenvalue weighted by Gasteiger charge is 2.24. The normalized spacial score (nSPS) is 13.5. The number of nitrogens with zero attached hydrogens (tertiary/aromatic N) is 3. The quantitative estimate of drug-likeness (QED) is 0.221. The van der Waals surface area contributed by atoms with Crippen molar-refractivity contribution in [1.29, 1.82) is 0 Å². The van der Waals surface area contributed by atoms with E-state index in [0.29, 0.717) is 23.3 Å². The first-order valence-corrected chi connectivity index (χ1v) is 15.7. The Morgan fingerprint density at radius 2 is 1.60 bits per heavy atom. The zero-order chi connectivity index (χ0) is 30.5. The molecule has 1 fully saturated rings. The Kier molecular flexibility index (Phi) is 13.9. The number of hydrogen-bond donors (Lipinski definition) is 1. The molecule has 3 aromatic rings. The van der Waals surface area contributed by atoms with Gasteiger partial charge in [0.15, 0.2) is 0 Å². The van der Waals surface area contributed by atoms with Crippen molar-refractivity contribution in [3.05, 3.63) is 93.9 Å². The average molecular weight is 616 g/mol. The van der Waals surface area contributed by atoms with Crippen LogP contribution in [0, 0.1) is 5.82 Å². The van der Waals surface area contributed by atoms with Crippen molar-refractivity contribution in [2.75, 3.05) is 38.2 Å². The number of ether oxygens (including phenoxy) is 1. The topological polar surface area (TPSA) is 40.6 Å². The second kappa shape index (κ2) is 17.3. The van der Waals surface area contributed by atoms with Gasteiger partial charge in [-0.25, -0.2) is 9.37 Å². The number of pyridine rings is 1. The molecule has 0 bridgehead atoms. The minimum atomic E-state index is -0.423. The van der Waals surface area contributed by atoms with Crippen LogP contribution in [0.1, 0.15) is 63.1 Å². The van der Waals surface area contributed by atoms with E-state index in [9.17, 15) is 4.39 Å². The molecule has 42 heavy (non-hydrogen) atoms. The third-order valence-corrected chi connectivity index (χ3v) is 8.17. The second-order valence-electron chi connectivity index (χ2n) is 10.6. The first-order valence-electron chi connectivity index (χ1n) is 14.9. The summed E-state index contributed by atoms with van der Waals surface area (Å²) in [5, 5.41) is 3.97. The number of halogens is 3. The Hall–Kier alpha value is -2.80. The number of aryl methyl sites for hydroxylation is 1. The van der Waals surface area contributed by atoms with Crippen molar-refractivity contribution in [3.8, 4) is 5.75 Å². The van der Waals surface area contributed by atoms with Gasteiger partial charge in [0.2, 0.25) is 0 Å². The van der Waals surface area contributed by atoms with Gasteiger partial charge in [-0.2, -0.15) is 0 Å². The van der Waals surface area contributed by atoms with E-state index in [-0.39, 0.29) is 5.02 Å². The lowest BCUT2D eigenvalue weighted by atomic mass is 10.0. The molecule has 1 saturated heterocycles. The Morgan fingerprint density at radius 3 is 2.14 bits per heavy atom. The van der Waals surface area contributed by atoms with Crippen LogP contribution in [0.4, 0.5) is 10.2 Å². The molecule has 1 aromatic heterocycles. The Morgan fingerprint density at radius 1 is 0.952 bits per heavy atom. The maximum atomic E-state index is 13.3. The van der Waals surface area contributed by atoms with E-state index in [1.54, 1.807) is 25.4 Å². The van der Waals surface area contributed by atoms with Crippen LogP contribution in [0.3, 0.4) is 0 Å². The third kappa shape index (κ3) is 9.89. The van der Waals surface area contributed by atoms with Crippen LogP contribution in [-0.2, 0) is 13.0 Å². The summed E-state index contributed by atoms with van der Waals surface area (Å²) in [6.07, 6.45) is 7.88. The molecule has 0 saturated carbocycles. The summed E-state index contributed by atoms with van der Waals surface area (Å²) in [4.78, 5) is 9.55. The molecule has 2 aromatic carbocycles. The van der Waals surface area contributed by atoms with Crippen molar-refractivity contribution in [2.45, 2.75) is 65.5 Å². The van der Waals surface area contributed by atoms with Crippen LogP contribution in [0.5, 0.6) is 5.75 Å². The fraction of sp³-hybridized carbons (Fsp3) is 0.441. The van der Waals surface area contributed by atoms with Gasteiger partial charge >= 0.3 is 0 Å². The summed E-state index contributed by atoms with van der Waals surface area (Å²) in [5.74, 6) is 1.33. The predicted molar refractivity (Wildman–Crippen MR) is 176 cm³/mol. The molecule has 0 unspecified atom stereocenters. The highest BCUT2D eigenvalue weighted by atomic mass is 35.5. The van der Waals surface area contributed by atoms with Crippen molar-refractivity contribution in [1.82, 2.24) is 15.2 Å². The molecule has 0 spiro atoms. The van der Waals surface area contributed by atoms with E-state index >= 15 is 0 Å². The monoisotopic (exact) mass is 614 g/mol. The van der Waals surface area contributed by atoms with Gasteiger partial charge in [0.05, 0.1) is 17.2 Å². The van der Waals surface area contributed by atoms with Gasteiger partial charge in [-0.3, -0.25) is 4.90 Å². The summed E-state index contributed by atoms with van der Waals surface area (Å²) >= 11 is 12.5. The lowest BCUT2D eigenvalue weighted by Gasteiger charge is -2.40. The molecule has 2 heterocycles. The van der Waals surface area contributed by atoms with Crippen LogP contribution < -0.4 is 15.0 Å². The summed E-state index contributed by atoms with van der Waals surface area (Å²) in [5.41, 5.74) is 3.76. The molecular weight excluding hydrogens is 570 g/mol. The molecule has 0 atom stereocenters. The standard InChI is InChI=1S/C25H33Cl2FN4.C9H12O/c1-4-6-21(7-5-2)31-10-12-32(13-11-31)25-23(27)15-20(17-30-25)18(3)29-16-19-8-9-24(28)22(26)14-19;1-3-8-4-6-9(10-2)7-5-8/h8-9,14-15,17,21,29H,3-7,10-13,16H2,1-2H3;4-7H,3H2,1-2H3. The van der Waals surface area contributed by atoms with E-state index in [2.05, 4.69) is 59.6 Å². The van der Waals surface area contributed by atoms with Crippen LogP contribution in [0.25, 0.3) is 5.70 Å². The molecular formula is C34H45Cl2FN4O. The van der Waals surface area contributed by atoms with Crippen LogP contribution in [0.2, 0.25) is 10.0 Å². The maximum Gasteiger partial charge on any atom is 0.147 e. The highest BCUT2D eigenvalue weighted by Crippen LogP contribution is 2.28. The molecule has 1 aliphatic rings. The zero-order valence-corrected chi connectivity index (χ0v) is 26.9. The smallest absolute Gasteiger partial charge is 0.147 e. The molecule has 4 rings (SSSR count). The Labute approximate surface area is 261 Å². The average Bonchev–Trinajstić information content (AvgIpc) is 3.02. The van der Waals surface area contributed by atoms with E-state index in [4.69, 9.17) is 27.9 Å². The van der Waals surface area contributed by atoms with Gasteiger partial charge < -0.3 is 15.0 Å². The summed E-state index contributed by atoms with van der Waals surface area (Å²) in [6.45, 7) is 15.2. The predicted octanol–water partition coefficient (Wildman–Crippen LogP) is 8.64. The number of aromatic nitrogens is 1. The van der Waals surface area contributed by atoms with Gasteiger partial charge in [-0.1, -0.05) is 81.6 Å². The summed E-state index contributed by atoms with van der Waals surface area (Å²) in [6, 6.07) is 15.4. The zero-order valence-electron chi connectivity index (χ0n) is 25.4. The van der Waals surface area contributed by atoms with Crippen molar-refractivity contribution in [3.63, 3.8) is 0 Å². The van der Waals surface area contributed by atoms with Crippen molar-refractivity contribution < 1.29 is 9.13 Å². The fourth-order valence-electron chi connectivity index (χ4n) is 5.12. The van der Waals surface area contributed by atoms with Crippen LogP contribution >= 0.6 is 23.2 Å². The first-order chi connectivity index (χ1) is 20.3. The molecule has 0 amide bonds. The Balaban J connectivity index is 0.000000408. The summed E-state index contributed by atoms with van der Waals surface area (Å²) < 4.78 is 18.3. The molecule has 228 valence electrons. The van der Waals surface area contributed by atoms with Crippen molar-refractivity contribution in [2.24, 2.45) is 0 Å². The number of methoxy groups -OCH3 is 1. The SMILES string of the molecule is C=C(NCc1ccc(F)c(Cl)c1)c1cnc(N2CCN(C(CCC)CCC)CC2)c(Cl)c1.CCc1ccc(OC)cc1. The van der Waals surface area contributed by atoms with Gasteiger partial charge in [0.1, 0.15) is 17.4 Å². The van der Waals surface area contributed by atoms with E-state index in [0.717, 1.165) is 55.3 Å². The molecule has 0 aliphatic carbocycles.